The Hall–Kier alpha value is -2.31. The molecule has 0 unspecified atom stereocenters. The summed E-state index contributed by atoms with van der Waals surface area (Å²) in [6.45, 7) is 3.40. The van der Waals surface area contributed by atoms with E-state index in [1.165, 1.54) is 0 Å². The van der Waals surface area contributed by atoms with Crippen LogP contribution in [0.3, 0.4) is 0 Å². The van der Waals surface area contributed by atoms with Crippen molar-refractivity contribution in [2.75, 3.05) is 6.54 Å². The zero-order valence-electron chi connectivity index (χ0n) is 10.0. The Morgan fingerprint density at radius 2 is 2.06 bits per heavy atom. The van der Waals surface area contributed by atoms with Gasteiger partial charge in [0.05, 0.1) is 12.1 Å². The highest BCUT2D eigenvalue weighted by Crippen LogP contribution is 2.07. The molecule has 1 rings (SSSR count). The maximum atomic E-state index is 11.5. The van der Waals surface area contributed by atoms with Crippen LogP contribution in [0.15, 0.2) is 16.7 Å². The number of hydrogen-bond donors (Lipinski definition) is 3. The van der Waals surface area contributed by atoms with Crippen molar-refractivity contribution < 1.29 is 23.9 Å². The molecule has 0 aliphatic heterocycles. The molecular weight excluding hydrogens is 240 g/mol. The standard InChI is InChI=1S/C11H14N2O5/c1-6(2)13-9(14)4-12-10(15)8-3-7(5-18-8)11(16)17/h3,5-6H,4H2,1-2H3,(H,12,15)(H,13,14)(H,16,17). The van der Waals surface area contributed by atoms with Crippen molar-refractivity contribution in [2.24, 2.45) is 0 Å². The molecule has 0 fully saturated rings. The van der Waals surface area contributed by atoms with Gasteiger partial charge in [-0.05, 0) is 13.8 Å². The first-order valence-corrected chi connectivity index (χ1v) is 5.29. The molecule has 2 amide bonds. The molecule has 0 saturated carbocycles. The molecule has 0 radical (unpaired) electrons. The third kappa shape index (κ3) is 3.93. The largest absolute Gasteiger partial charge is 0.478 e. The first-order valence-electron chi connectivity index (χ1n) is 5.29. The van der Waals surface area contributed by atoms with Gasteiger partial charge in [0.25, 0.3) is 5.91 Å². The van der Waals surface area contributed by atoms with E-state index in [-0.39, 0.29) is 29.8 Å². The summed E-state index contributed by atoms with van der Waals surface area (Å²) in [5.41, 5.74) is -0.119. The van der Waals surface area contributed by atoms with Gasteiger partial charge in [0.2, 0.25) is 5.91 Å². The predicted octanol–water partition coefficient (Wildman–Crippen LogP) is 0.232. The summed E-state index contributed by atoms with van der Waals surface area (Å²) in [5.74, 6) is -2.30. The number of nitrogens with one attached hydrogen (secondary N) is 2. The quantitative estimate of drug-likeness (QED) is 0.697. The number of carbonyl (C=O) groups excluding carboxylic acids is 2. The third-order valence-corrected chi connectivity index (χ3v) is 1.93. The van der Waals surface area contributed by atoms with Gasteiger partial charge >= 0.3 is 5.97 Å². The molecule has 0 aliphatic rings. The van der Waals surface area contributed by atoms with E-state index in [2.05, 4.69) is 10.6 Å². The van der Waals surface area contributed by atoms with Crippen molar-refractivity contribution in [3.8, 4) is 0 Å². The van der Waals surface area contributed by atoms with E-state index >= 15 is 0 Å². The number of amides is 2. The second-order valence-corrected chi connectivity index (χ2v) is 3.91. The smallest absolute Gasteiger partial charge is 0.338 e. The second-order valence-electron chi connectivity index (χ2n) is 3.91. The molecule has 3 N–H and O–H groups in total. The summed E-state index contributed by atoms with van der Waals surface area (Å²) in [5, 5.41) is 13.6. The lowest BCUT2D eigenvalue weighted by atomic mass is 10.3. The van der Waals surface area contributed by atoms with E-state index in [0.29, 0.717) is 0 Å². The Morgan fingerprint density at radius 3 is 2.56 bits per heavy atom. The highest BCUT2D eigenvalue weighted by atomic mass is 16.4. The molecule has 7 heteroatoms. The van der Waals surface area contributed by atoms with E-state index in [9.17, 15) is 14.4 Å². The molecule has 0 bridgehead atoms. The minimum absolute atomic E-state index is 0.0170. The number of rotatable bonds is 5. The molecule has 1 aromatic heterocycles. The van der Waals surface area contributed by atoms with E-state index < -0.39 is 11.9 Å². The van der Waals surface area contributed by atoms with Gasteiger partial charge in [0, 0.05) is 12.1 Å². The number of hydrogen-bond acceptors (Lipinski definition) is 4. The average molecular weight is 254 g/mol. The molecular formula is C11H14N2O5. The highest BCUT2D eigenvalue weighted by molar-refractivity contribution is 5.97. The Kier molecular flexibility index (Phi) is 4.47. The maximum absolute atomic E-state index is 11.5. The van der Waals surface area contributed by atoms with Gasteiger partial charge in [-0.1, -0.05) is 0 Å². The summed E-state index contributed by atoms with van der Waals surface area (Å²) in [4.78, 5) is 33.3. The van der Waals surface area contributed by atoms with Gasteiger partial charge in [-0.2, -0.15) is 0 Å². The lowest BCUT2D eigenvalue weighted by Gasteiger charge is -2.08. The van der Waals surface area contributed by atoms with Crippen LogP contribution < -0.4 is 10.6 Å². The summed E-state index contributed by atoms with van der Waals surface area (Å²) in [6, 6.07) is 1.08. The molecule has 0 saturated heterocycles. The van der Waals surface area contributed by atoms with Crippen molar-refractivity contribution in [3.63, 3.8) is 0 Å². The van der Waals surface area contributed by atoms with E-state index in [0.717, 1.165) is 12.3 Å². The van der Waals surface area contributed by atoms with Gasteiger partial charge in [-0.3, -0.25) is 9.59 Å². The number of furan rings is 1. The van der Waals surface area contributed by atoms with Crippen LogP contribution in [0.2, 0.25) is 0 Å². The summed E-state index contributed by atoms with van der Waals surface area (Å²) in [6.07, 6.45) is 0.964. The van der Waals surface area contributed by atoms with Crippen LogP contribution in [0.1, 0.15) is 34.8 Å². The predicted molar refractivity (Wildman–Crippen MR) is 61.3 cm³/mol. The Labute approximate surface area is 103 Å². The van der Waals surface area contributed by atoms with Gasteiger partial charge in [-0.25, -0.2) is 4.79 Å². The lowest BCUT2D eigenvalue weighted by molar-refractivity contribution is -0.120. The van der Waals surface area contributed by atoms with Crippen LogP contribution in [0, 0.1) is 0 Å². The minimum Gasteiger partial charge on any atom is -0.478 e. The number of carboxylic acid groups (broad SMARTS) is 1. The summed E-state index contributed by atoms with van der Waals surface area (Å²) >= 11 is 0. The Morgan fingerprint density at radius 1 is 1.39 bits per heavy atom. The Balaban J connectivity index is 2.50. The van der Waals surface area contributed by atoms with Crippen molar-refractivity contribution >= 4 is 17.8 Å². The third-order valence-electron chi connectivity index (χ3n) is 1.93. The summed E-state index contributed by atoms with van der Waals surface area (Å²) < 4.78 is 4.78. The molecule has 18 heavy (non-hydrogen) atoms. The number of carbonyl (C=O) groups is 3. The first-order chi connectivity index (χ1) is 8.40. The van der Waals surface area contributed by atoms with Gasteiger partial charge in [0.15, 0.2) is 5.76 Å². The topological polar surface area (TPSA) is 109 Å². The molecule has 7 nitrogen and oxygen atoms in total. The zero-order chi connectivity index (χ0) is 13.7. The van der Waals surface area contributed by atoms with Crippen LogP contribution in [-0.4, -0.2) is 35.5 Å². The SMILES string of the molecule is CC(C)NC(=O)CNC(=O)c1cc(C(=O)O)co1. The monoisotopic (exact) mass is 254 g/mol. The van der Waals surface area contributed by atoms with Gasteiger partial charge in [0.1, 0.15) is 6.26 Å². The molecule has 0 atom stereocenters. The lowest BCUT2D eigenvalue weighted by Crippen LogP contribution is -2.39. The van der Waals surface area contributed by atoms with Gasteiger partial charge in [-0.15, -0.1) is 0 Å². The molecule has 98 valence electrons. The molecule has 0 aliphatic carbocycles. The fourth-order valence-corrected chi connectivity index (χ4v) is 1.19. The Bertz CT molecular complexity index is 464. The van der Waals surface area contributed by atoms with Crippen molar-refractivity contribution in [3.05, 3.63) is 23.7 Å². The van der Waals surface area contributed by atoms with Crippen LogP contribution in [-0.2, 0) is 4.79 Å². The first kappa shape index (κ1) is 13.8. The molecule has 1 aromatic rings. The second kappa shape index (κ2) is 5.85. The minimum atomic E-state index is -1.18. The number of aromatic carboxylic acids is 1. The van der Waals surface area contributed by atoms with Crippen LogP contribution in [0.5, 0.6) is 0 Å². The maximum Gasteiger partial charge on any atom is 0.338 e. The van der Waals surface area contributed by atoms with E-state index in [1.807, 2.05) is 0 Å². The average Bonchev–Trinajstić information content (AvgIpc) is 2.74. The van der Waals surface area contributed by atoms with Gasteiger partial charge < -0.3 is 20.2 Å². The van der Waals surface area contributed by atoms with Crippen LogP contribution >= 0.6 is 0 Å². The molecule has 0 aromatic carbocycles. The normalized spacial score (nSPS) is 10.2. The van der Waals surface area contributed by atoms with E-state index in [4.69, 9.17) is 9.52 Å². The van der Waals surface area contributed by atoms with Crippen LogP contribution in [0.4, 0.5) is 0 Å². The van der Waals surface area contributed by atoms with Crippen LogP contribution in [0.25, 0.3) is 0 Å². The molecule has 1 heterocycles. The van der Waals surface area contributed by atoms with Crippen molar-refractivity contribution in [1.82, 2.24) is 10.6 Å². The number of carboxylic acids is 1. The zero-order valence-corrected chi connectivity index (χ0v) is 10.0. The fourth-order valence-electron chi connectivity index (χ4n) is 1.19. The summed E-state index contributed by atoms with van der Waals surface area (Å²) in [7, 11) is 0. The van der Waals surface area contributed by atoms with Crippen molar-refractivity contribution in [2.45, 2.75) is 19.9 Å². The van der Waals surface area contributed by atoms with E-state index in [1.54, 1.807) is 13.8 Å². The fraction of sp³-hybridized carbons (Fsp3) is 0.364. The van der Waals surface area contributed by atoms with Crippen molar-refractivity contribution in [1.29, 1.82) is 0 Å². The highest BCUT2D eigenvalue weighted by Gasteiger charge is 2.15. The molecule has 0 spiro atoms.